The summed E-state index contributed by atoms with van der Waals surface area (Å²) in [5.74, 6) is -0.287. The van der Waals surface area contributed by atoms with Gasteiger partial charge in [-0.05, 0) is 36.5 Å². The van der Waals surface area contributed by atoms with Crippen LogP contribution in [0.2, 0.25) is 0 Å². The molecule has 0 bridgehead atoms. The van der Waals surface area contributed by atoms with Gasteiger partial charge in [0, 0.05) is 6.54 Å². The minimum absolute atomic E-state index is 0.0239. The molecule has 0 aromatic heterocycles. The Labute approximate surface area is 143 Å². The summed E-state index contributed by atoms with van der Waals surface area (Å²) in [4.78, 5) is 23.6. The average molecular weight is 324 g/mol. The third kappa shape index (κ3) is 6.24. The predicted octanol–water partition coefficient (Wildman–Crippen LogP) is 2.40. The number of amides is 2. The van der Waals surface area contributed by atoms with Crippen molar-refractivity contribution in [2.45, 2.75) is 26.2 Å². The van der Waals surface area contributed by atoms with E-state index in [9.17, 15) is 9.59 Å². The molecule has 2 amide bonds. The lowest BCUT2D eigenvalue weighted by Gasteiger charge is -2.08. The Bertz CT molecular complexity index is 668. The van der Waals surface area contributed by atoms with Gasteiger partial charge in [0.1, 0.15) is 0 Å². The van der Waals surface area contributed by atoms with E-state index in [4.69, 9.17) is 0 Å². The third-order valence-electron chi connectivity index (χ3n) is 3.87. The van der Waals surface area contributed by atoms with E-state index in [0.29, 0.717) is 13.0 Å². The van der Waals surface area contributed by atoms with Crippen LogP contribution in [0.4, 0.5) is 0 Å². The monoisotopic (exact) mass is 324 g/mol. The first-order chi connectivity index (χ1) is 11.6. The van der Waals surface area contributed by atoms with Gasteiger partial charge in [-0.25, -0.2) is 0 Å². The van der Waals surface area contributed by atoms with Gasteiger partial charge in [0.05, 0.1) is 13.0 Å². The lowest BCUT2D eigenvalue weighted by Crippen LogP contribution is -2.38. The van der Waals surface area contributed by atoms with E-state index < -0.39 is 0 Å². The van der Waals surface area contributed by atoms with Gasteiger partial charge in [0.15, 0.2) is 0 Å². The van der Waals surface area contributed by atoms with Crippen LogP contribution in [-0.4, -0.2) is 24.9 Å². The zero-order valence-corrected chi connectivity index (χ0v) is 14.0. The minimum atomic E-state index is -0.152. The van der Waals surface area contributed by atoms with Gasteiger partial charge in [-0.1, -0.05) is 54.6 Å². The van der Waals surface area contributed by atoms with Crippen LogP contribution >= 0.6 is 0 Å². The molecule has 4 nitrogen and oxygen atoms in total. The maximum Gasteiger partial charge on any atom is 0.239 e. The Balaban J connectivity index is 1.60. The average Bonchev–Trinajstić information content (AvgIpc) is 2.60. The van der Waals surface area contributed by atoms with Crippen LogP contribution in [0.25, 0.3) is 0 Å². The fourth-order valence-corrected chi connectivity index (χ4v) is 2.45. The molecule has 0 heterocycles. The highest BCUT2D eigenvalue weighted by atomic mass is 16.2. The molecule has 126 valence electrons. The van der Waals surface area contributed by atoms with Crippen molar-refractivity contribution in [2.75, 3.05) is 13.1 Å². The lowest BCUT2D eigenvalue weighted by atomic mass is 10.1. The molecule has 2 rings (SSSR count). The molecule has 2 aromatic carbocycles. The first-order valence-electron chi connectivity index (χ1n) is 8.27. The minimum Gasteiger partial charge on any atom is -0.355 e. The SMILES string of the molecule is Cc1ccccc1CC(=O)NCC(=O)NCCCc1ccccc1. The van der Waals surface area contributed by atoms with Crippen molar-refractivity contribution < 1.29 is 9.59 Å². The van der Waals surface area contributed by atoms with Crippen molar-refractivity contribution in [2.24, 2.45) is 0 Å². The molecule has 0 saturated carbocycles. The van der Waals surface area contributed by atoms with E-state index >= 15 is 0 Å². The quantitative estimate of drug-likeness (QED) is 0.733. The van der Waals surface area contributed by atoms with Crippen LogP contribution in [0.1, 0.15) is 23.1 Å². The van der Waals surface area contributed by atoms with Crippen LogP contribution in [0, 0.1) is 6.92 Å². The van der Waals surface area contributed by atoms with E-state index in [0.717, 1.165) is 24.0 Å². The molecule has 0 aliphatic carbocycles. The highest BCUT2D eigenvalue weighted by Crippen LogP contribution is 2.07. The van der Waals surface area contributed by atoms with Crippen molar-refractivity contribution in [3.8, 4) is 0 Å². The number of carbonyl (C=O) groups is 2. The second-order valence-corrected chi connectivity index (χ2v) is 5.82. The van der Waals surface area contributed by atoms with Crippen molar-refractivity contribution in [3.63, 3.8) is 0 Å². The Morgan fingerprint density at radius 2 is 1.58 bits per heavy atom. The van der Waals surface area contributed by atoms with E-state index in [1.807, 2.05) is 49.4 Å². The van der Waals surface area contributed by atoms with E-state index in [1.54, 1.807) is 0 Å². The normalized spacial score (nSPS) is 10.2. The third-order valence-corrected chi connectivity index (χ3v) is 3.87. The fourth-order valence-electron chi connectivity index (χ4n) is 2.45. The first-order valence-corrected chi connectivity index (χ1v) is 8.27. The molecule has 0 saturated heterocycles. The zero-order valence-electron chi connectivity index (χ0n) is 14.0. The predicted molar refractivity (Wildman–Crippen MR) is 95.7 cm³/mol. The highest BCUT2D eigenvalue weighted by molar-refractivity contribution is 5.85. The molecule has 2 aromatic rings. The molecular weight excluding hydrogens is 300 g/mol. The van der Waals surface area contributed by atoms with Gasteiger partial charge in [0.2, 0.25) is 11.8 Å². The Hall–Kier alpha value is -2.62. The standard InChI is InChI=1S/C20H24N2O2/c1-16-8-5-6-12-18(16)14-19(23)22-15-20(24)21-13-7-11-17-9-3-2-4-10-17/h2-6,8-10,12H,7,11,13-15H2,1H3,(H,21,24)(H,22,23). The molecule has 0 unspecified atom stereocenters. The molecule has 0 fully saturated rings. The highest BCUT2D eigenvalue weighted by Gasteiger charge is 2.07. The number of hydrogen-bond acceptors (Lipinski definition) is 2. The molecule has 24 heavy (non-hydrogen) atoms. The molecule has 0 radical (unpaired) electrons. The topological polar surface area (TPSA) is 58.2 Å². The maximum atomic E-state index is 11.9. The second kappa shape index (κ2) is 9.50. The van der Waals surface area contributed by atoms with Crippen LogP contribution in [0.15, 0.2) is 54.6 Å². The van der Waals surface area contributed by atoms with Gasteiger partial charge in [0.25, 0.3) is 0 Å². The Morgan fingerprint density at radius 3 is 2.33 bits per heavy atom. The van der Waals surface area contributed by atoms with E-state index in [-0.39, 0.29) is 18.4 Å². The number of aryl methyl sites for hydroxylation is 2. The summed E-state index contributed by atoms with van der Waals surface area (Å²) in [6.45, 7) is 2.61. The van der Waals surface area contributed by atoms with Gasteiger partial charge in [-0.3, -0.25) is 9.59 Å². The van der Waals surface area contributed by atoms with Crippen LogP contribution in [-0.2, 0) is 22.4 Å². The summed E-state index contributed by atoms with van der Waals surface area (Å²) >= 11 is 0. The molecule has 0 aliphatic rings. The largest absolute Gasteiger partial charge is 0.355 e. The first kappa shape index (κ1) is 17.7. The van der Waals surface area contributed by atoms with Gasteiger partial charge >= 0.3 is 0 Å². The smallest absolute Gasteiger partial charge is 0.239 e. The molecule has 0 spiro atoms. The second-order valence-electron chi connectivity index (χ2n) is 5.82. The number of benzene rings is 2. The molecule has 0 atom stereocenters. The summed E-state index contributed by atoms with van der Waals surface area (Å²) in [6, 6.07) is 17.9. The molecule has 2 N–H and O–H groups in total. The Morgan fingerprint density at radius 1 is 0.875 bits per heavy atom. The van der Waals surface area contributed by atoms with Crippen molar-refractivity contribution >= 4 is 11.8 Å². The summed E-state index contributed by atoms with van der Waals surface area (Å²) in [5, 5.41) is 5.50. The molecule has 0 aliphatic heterocycles. The van der Waals surface area contributed by atoms with Crippen LogP contribution < -0.4 is 10.6 Å². The number of hydrogen-bond donors (Lipinski definition) is 2. The summed E-state index contributed by atoms with van der Waals surface area (Å²) < 4.78 is 0. The summed E-state index contributed by atoms with van der Waals surface area (Å²) in [7, 11) is 0. The molecule has 4 heteroatoms. The van der Waals surface area contributed by atoms with Crippen LogP contribution in [0.5, 0.6) is 0 Å². The maximum absolute atomic E-state index is 11.9. The molecular formula is C20H24N2O2. The van der Waals surface area contributed by atoms with Crippen molar-refractivity contribution in [3.05, 3.63) is 71.3 Å². The van der Waals surface area contributed by atoms with Crippen molar-refractivity contribution in [1.29, 1.82) is 0 Å². The number of carbonyl (C=O) groups excluding carboxylic acids is 2. The van der Waals surface area contributed by atoms with E-state index in [1.165, 1.54) is 5.56 Å². The zero-order chi connectivity index (χ0) is 17.2. The van der Waals surface area contributed by atoms with Crippen LogP contribution in [0.3, 0.4) is 0 Å². The summed E-state index contributed by atoms with van der Waals surface area (Å²) in [6.07, 6.45) is 2.11. The lowest BCUT2D eigenvalue weighted by molar-refractivity contribution is -0.125. The van der Waals surface area contributed by atoms with Gasteiger partial charge < -0.3 is 10.6 Å². The van der Waals surface area contributed by atoms with E-state index in [2.05, 4.69) is 22.8 Å². The van der Waals surface area contributed by atoms with Gasteiger partial charge in [-0.2, -0.15) is 0 Å². The fraction of sp³-hybridized carbons (Fsp3) is 0.300. The number of nitrogens with one attached hydrogen (secondary N) is 2. The van der Waals surface area contributed by atoms with Gasteiger partial charge in [-0.15, -0.1) is 0 Å². The van der Waals surface area contributed by atoms with Crippen molar-refractivity contribution in [1.82, 2.24) is 10.6 Å². The number of rotatable bonds is 8. The summed E-state index contributed by atoms with van der Waals surface area (Å²) in [5.41, 5.74) is 3.33. The Kier molecular flexibility index (Phi) is 7.02.